The lowest BCUT2D eigenvalue weighted by Gasteiger charge is -2.15. The zero-order valence-electron chi connectivity index (χ0n) is 77.3. The van der Waals surface area contributed by atoms with Crippen LogP contribution in [0.15, 0.2) is 541 Å². The standard InChI is InChI=1S/2C44H30N4.C43H29N3/c1-3-8-35(9-4-1)42-29-41(30-43(48-42)36-10-5-2-6-11-36)40-27-38(32-14-12-31(13-15-32)34-20-24-45-25-21-34)26-39(28-40)33-16-18-37(19-17-33)44-46-22-7-23-47-44;1-3-7-35(8-4-1)43-28-41(29-44(48-43)36-9-5-2-6-10-36)40-26-38(32-13-11-31(12-14-32)34-19-22-45-23-20-34)25-39(27-40)33-15-17-37(18-16-33)42-21-24-46-30-47-42;1-3-12-32(13-4-1)41-28-37(29-42(46-41)33-14-5-2-6-15-33)36-25-35(30-19-21-34(22-20-30)43-44-23-10-24-45-43)26-38(27-36)40-18-9-16-31-11-7-8-17-39(31)40/h2*1-30H;1-29H. The van der Waals surface area contributed by atoms with E-state index >= 15 is 0 Å². The third kappa shape index (κ3) is 20.4. The predicted octanol–water partition coefficient (Wildman–Crippen LogP) is 32.9. The molecule has 0 aliphatic carbocycles. The van der Waals surface area contributed by atoms with E-state index in [4.69, 9.17) is 15.0 Å². The smallest absolute Gasteiger partial charge is 0.159 e. The maximum atomic E-state index is 5.13. The lowest BCUT2D eigenvalue weighted by Crippen LogP contribution is -1.92. The largest absolute Gasteiger partial charge is 0.265 e. The monoisotopic (exact) mass is 1820 g/mol. The number of rotatable bonds is 20. The van der Waals surface area contributed by atoms with Crippen LogP contribution in [0.3, 0.4) is 0 Å². The minimum Gasteiger partial charge on any atom is -0.265 e. The summed E-state index contributed by atoms with van der Waals surface area (Å²) in [6, 6.07) is 168. The van der Waals surface area contributed by atoms with Crippen molar-refractivity contribution >= 4 is 10.8 Å². The van der Waals surface area contributed by atoms with Crippen molar-refractivity contribution in [3.8, 4) is 224 Å². The average molecular weight is 1820 g/mol. The van der Waals surface area contributed by atoms with E-state index in [0.717, 1.165) is 207 Å². The van der Waals surface area contributed by atoms with Crippen LogP contribution in [0, 0.1) is 0 Å². The first-order valence-electron chi connectivity index (χ1n) is 47.3. The van der Waals surface area contributed by atoms with Gasteiger partial charge < -0.3 is 0 Å². The molecule has 11 nitrogen and oxygen atoms in total. The molecule has 0 radical (unpaired) electrons. The molecule has 24 rings (SSSR count). The maximum absolute atomic E-state index is 5.13. The van der Waals surface area contributed by atoms with Crippen LogP contribution in [0.5, 0.6) is 0 Å². The highest BCUT2D eigenvalue weighted by molar-refractivity contribution is 5.99. The Balaban J connectivity index is 0.000000122. The summed E-state index contributed by atoms with van der Waals surface area (Å²) in [5, 5.41) is 2.45. The number of hydrogen-bond donors (Lipinski definition) is 0. The average Bonchev–Trinajstić information content (AvgIpc) is 0.772. The summed E-state index contributed by atoms with van der Waals surface area (Å²) in [5.41, 5.74) is 41.1. The Kier molecular flexibility index (Phi) is 25.8. The first-order valence-corrected chi connectivity index (χ1v) is 47.3. The van der Waals surface area contributed by atoms with Gasteiger partial charge in [0, 0.05) is 106 Å². The van der Waals surface area contributed by atoms with E-state index in [1.54, 1.807) is 37.3 Å². The van der Waals surface area contributed by atoms with Gasteiger partial charge in [-0.1, -0.05) is 346 Å². The molecule has 8 aromatic heterocycles. The summed E-state index contributed by atoms with van der Waals surface area (Å²) < 4.78 is 0. The van der Waals surface area contributed by atoms with Crippen LogP contribution in [-0.2, 0) is 0 Å². The zero-order chi connectivity index (χ0) is 95.0. The fourth-order valence-electron chi connectivity index (χ4n) is 18.1. The molecule has 0 N–H and O–H groups in total. The summed E-state index contributed by atoms with van der Waals surface area (Å²) in [5.74, 6) is 1.43. The highest BCUT2D eigenvalue weighted by Crippen LogP contribution is 2.44. The summed E-state index contributed by atoms with van der Waals surface area (Å²) in [7, 11) is 0. The third-order valence-electron chi connectivity index (χ3n) is 25.4. The summed E-state index contributed by atoms with van der Waals surface area (Å²) in [6.45, 7) is 0. The molecule has 0 unspecified atom stereocenters. The quantitative estimate of drug-likeness (QED) is 0.0720. The molecule has 142 heavy (non-hydrogen) atoms. The van der Waals surface area contributed by atoms with E-state index in [-0.39, 0.29) is 0 Å². The fourth-order valence-corrected chi connectivity index (χ4v) is 18.1. The predicted molar refractivity (Wildman–Crippen MR) is 581 cm³/mol. The Labute approximate surface area is 825 Å². The number of fused-ring (bicyclic) bond motifs is 1. The zero-order valence-corrected chi connectivity index (χ0v) is 77.3. The molecule has 0 saturated heterocycles. The van der Waals surface area contributed by atoms with Gasteiger partial charge in [-0.2, -0.15) is 0 Å². The Morgan fingerprint density at radius 1 is 0.120 bits per heavy atom. The van der Waals surface area contributed by atoms with Gasteiger partial charge in [0.1, 0.15) is 6.33 Å². The molecule has 0 fully saturated rings. The van der Waals surface area contributed by atoms with E-state index in [2.05, 4.69) is 440 Å². The Bertz CT molecular complexity index is 7730. The van der Waals surface area contributed by atoms with Gasteiger partial charge in [-0.3, -0.25) is 9.97 Å². The third-order valence-corrected chi connectivity index (χ3v) is 25.4. The second-order valence-corrected chi connectivity index (χ2v) is 34.6. The van der Waals surface area contributed by atoms with Crippen LogP contribution >= 0.6 is 0 Å². The number of aromatic nitrogens is 11. The molecule has 0 saturated carbocycles. The minimum atomic E-state index is 0.714. The Morgan fingerprint density at radius 3 is 0.641 bits per heavy atom. The van der Waals surface area contributed by atoms with Crippen molar-refractivity contribution in [3.05, 3.63) is 541 Å². The number of nitrogens with zero attached hydrogens (tertiary/aromatic N) is 11. The lowest BCUT2D eigenvalue weighted by atomic mass is 9.90. The van der Waals surface area contributed by atoms with Crippen molar-refractivity contribution in [2.24, 2.45) is 0 Å². The van der Waals surface area contributed by atoms with Crippen LogP contribution in [0.4, 0.5) is 0 Å². The molecule has 0 aliphatic heterocycles. The van der Waals surface area contributed by atoms with Crippen molar-refractivity contribution in [2.75, 3.05) is 0 Å². The van der Waals surface area contributed by atoms with Crippen molar-refractivity contribution in [1.29, 1.82) is 0 Å². The number of pyridine rings is 5. The van der Waals surface area contributed by atoms with E-state index < -0.39 is 0 Å². The van der Waals surface area contributed by atoms with Crippen molar-refractivity contribution in [3.63, 3.8) is 0 Å². The maximum Gasteiger partial charge on any atom is 0.159 e. The van der Waals surface area contributed by atoms with Crippen molar-refractivity contribution < 1.29 is 0 Å². The molecule has 0 amide bonds. The molecule has 0 spiro atoms. The van der Waals surface area contributed by atoms with Gasteiger partial charge in [-0.05, 0) is 267 Å². The molecule has 24 aromatic rings. The van der Waals surface area contributed by atoms with E-state index in [1.165, 1.54) is 21.9 Å². The highest BCUT2D eigenvalue weighted by Gasteiger charge is 2.20. The lowest BCUT2D eigenvalue weighted by molar-refractivity contribution is 1.17. The first-order chi connectivity index (χ1) is 70.3. The number of benzene rings is 16. The molecule has 16 aromatic carbocycles. The molecule has 0 atom stereocenters. The van der Waals surface area contributed by atoms with Gasteiger partial charge >= 0.3 is 0 Å². The van der Waals surface area contributed by atoms with E-state index in [1.807, 2.05) is 104 Å². The fraction of sp³-hybridized carbons (Fsp3) is 0. The SMILES string of the molecule is c1ccc(-c2cc(-c3cc(-c4ccc(-c5ccncc5)cc4)cc(-c4ccc(-c5ccncn5)cc4)c3)cc(-c3ccccc3)n2)cc1.c1ccc(-c2cc(-c3cc(-c4ccc(-c5ccncc5)cc4)cc(-c4ccc(-c5ncccn5)cc4)c3)cc(-c3ccccc3)n2)cc1.c1ccc(-c2cc(-c3cc(-c4ccc(-c5ncccn5)cc4)cc(-c4cccc5ccccc45)c3)cc(-c3ccccc3)n2)cc1. The Hall–Kier alpha value is -19.2. The van der Waals surface area contributed by atoms with Gasteiger partial charge in [-0.15, -0.1) is 0 Å². The van der Waals surface area contributed by atoms with Crippen LogP contribution < -0.4 is 0 Å². The number of hydrogen-bond acceptors (Lipinski definition) is 11. The van der Waals surface area contributed by atoms with Crippen LogP contribution in [-0.4, -0.2) is 54.8 Å². The van der Waals surface area contributed by atoms with Crippen LogP contribution in [0.2, 0.25) is 0 Å². The van der Waals surface area contributed by atoms with Crippen molar-refractivity contribution in [2.45, 2.75) is 0 Å². The van der Waals surface area contributed by atoms with E-state index in [9.17, 15) is 0 Å². The summed E-state index contributed by atoms with van der Waals surface area (Å²) >= 11 is 0. The topological polar surface area (TPSA) is 142 Å². The summed E-state index contributed by atoms with van der Waals surface area (Å²) in [4.78, 5) is 50.0. The second kappa shape index (κ2) is 41.5. The van der Waals surface area contributed by atoms with Gasteiger partial charge in [0.15, 0.2) is 11.6 Å². The van der Waals surface area contributed by atoms with Crippen molar-refractivity contribution in [1.82, 2.24) is 54.8 Å². The summed E-state index contributed by atoms with van der Waals surface area (Å²) in [6.07, 6.45) is 17.8. The molecule has 8 heterocycles. The van der Waals surface area contributed by atoms with Gasteiger partial charge in [0.05, 0.1) is 39.9 Å². The molecular formula is C131H89N11. The molecular weight excluding hydrogens is 1730 g/mol. The molecule has 11 heteroatoms. The Morgan fingerprint density at radius 2 is 0.345 bits per heavy atom. The molecule has 0 aliphatic rings. The normalized spacial score (nSPS) is 11.0. The van der Waals surface area contributed by atoms with Crippen LogP contribution in [0.25, 0.3) is 235 Å². The molecule has 0 bridgehead atoms. The molecule has 668 valence electrons. The van der Waals surface area contributed by atoms with E-state index in [0.29, 0.717) is 5.82 Å². The van der Waals surface area contributed by atoms with Gasteiger partial charge in [0.2, 0.25) is 0 Å². The van der Waals surface area contributed by atoms with Gasteiger partial charge in [0.25, 0.3) is 0 Å². The van der Waals surface area contributed by atoms with Gasteiger partial charge in [-0.25, -0.2) is 44.9 Å². The first kappa shape index (κ1) is 88.1. The minimum absolute atomic E-state index is 0.714. The highest BCUT2D eigenvalue weighted by atomic mass is 14.9. The van der Waals surface area contributed by atoms with Crippen LogP contribution in [0.1, 0.15) is 0 Å². The second-order valence-electron chi connectivity index (χ2n) is 34.6.